The van der Waals surface area contributed by atoms with Crippen molar-refractivity contribution in [3.05, 3.63) is 54.6 Å². The van der Waals surface area contributed by atoms with E-state index in [0.717, 1.165) is 36.0 Å². The highest BCUT2D eigenvalue weighted by molar-refractivity contribution is 7.99. The predicted octanol–water partition coefficient (Wildman–Crippen LogP) is 3.29. The molecule has 1 unspecified atom stereocenters. The third kappa shape index (κ3) is 7.39. The number of likely N-dealkylation sites (tertiary alicyclic amines) is 1. The van der Waals surface area contributed by atoms with Crippen molar-refractivity contribution >= 4 is 23.6 Å². The summed E-state index contributed by atoms with van der Waals surface area (Å²) in [5, 5.41) is 5.72. The highest BCUT2D eigenvalue weighted by Crippen LogP contribution is 2.25. The lowest BCUT2D eigenvalue weighted by atomic mass is 10.3. The summed E-state index contributed by atoms with van der Waals surface area (Å²) in [6, 6.07) is 16.8. The number of carbonyl (C=O) groups excluding carboxylic acids is 2. The third-order valence-corrected chi connectivity index (χ3v) is 5.94. The number of rotatable bonds is 10. The molecule has 1 aliphatic rings. The number of hydrogen-bond acceptors (Lipinski definition) is 5. The molecule has 3 rings (SSSR count). The molecular weight excluding hydrogens is 398 g/mol. The van der Waals surface area contributed by atoms with E-state index < -0.39 is 6.04 Å². The lowest BCUT2D eigenvalue weighted by Gasteiger charge is -2.19. The fourth-order valence-electron chi connectivity index (χ4n) is 3.30. The number of nitrogens with zero attached hydrogens (tertiary/aromatic N) is 1. The summed E-state index contributed by atoms with van der Waals surface area (Å²) in [6.07, 6.45) is 2.46. The smallest absolute Gasteiger partial charge is 0.243 e. The van der Waals surface area contributed by atoms with Gasteiger partial charge in [-0.25, -0.2) is 0 Å². The van der Waals surface area contributed by atoms with Crippen LogP contribution in [0.5, 0.6) is 11.5 Å². The fourth-order valence-corrected chi connectivity index (χ4v) is 4.23. The largest absolute Gasteiger partial charge is 0.457 e. The second kappa shape index (κ2) is 11.6. The zero-order chi connectivity index (χ0) is 21.2. The highest BCUT2D eigenvalue weighted by Gasteiger charge is 2.20. The Morgan fingerprint density at radius 2 is 1.70 bits per heavy atom. The summed E-state index contributed by atoms with van der Waals surface area (Å²) >= 11 is 1.53. The molecule has 30 heavy (non-hydrogen) atoms. The van der Waals surface area contributed by atoms with Crippen molar-refractivity contribution in [1.82, 2.24) is 15.5 Å². The fraction of sp³-hybridized carbons (Fsp3) is 0.391. The molecule has 1 fully saturated rings. The number of hydrogen-bond donors (Lipinski definition) is 2. The van der Waals surface area contributed by atoms with E-state index in [9.17, 15) is 9.59 Å². The van der Waals surface area contributed by atoms with Gasteiger partial charge in [0.2, 0.25) is 11.8 Å². The molecule has 0 bridgehead atoms. The molecule has 0 saturated carbocycles. The quantitative estimate of drug-likeness (QED) is 0.570. The van der Waals surface area contributed by atoms with Crippen molar-refractivity contribution in [2.45, 2.75) is 30.7 Å². The summed E-state index contributed by atoms with van der Waals surface area (Å²) in [5.74, 6) is 1.66. The van der Waals surface area contributed by atoms with Gasteiger partial charge < -0.3 is 20.3 Å². The van der Waals surface area contributed by atoms with Crippen LogP contribution in [0.4, 0.5) is 0 Å². The molecule has 2 aromatic rings. The van der Waals surface area contributed by atoms with Gasteiger partial charge in [0.15, 0.2) is 0 Å². The Bertz CT molecular complexity index is 808. The monoisotopic (exact) mass is 427 g/mol. The normalized spacial score (nSPS) is 14.8. The molecule has 0 radical (unpaired) electrons. The van der Waals surface area contributed by atoms with E-state index in [0.29, 0.717) is 12.3 Å². The Morgan fingerprint density at radius 3 is 2.37 bits per heavy atom. The Balaban J connectivity index is 1.48. The van der Waals surface area contributed by atoms with Crippen LogP contribution >= 0.6 is 11.8 Å². The van der Waals surface area contributed by atoms with Gasteiger partial charge >= 0.3 is 0 Å². The maximum absolute atomic E-state index is 12.6. The SMILES string of the molecule is CC(=O)NC(CSc1ccc(Oc2ccccc2)cc1)C(=O)NCCN1CCCC1. The van der Waals surface area contributed by atoms with Gasteiger partial charge in [-0.1, -0.05) is 18.2 Å². The lowest BCUT2D eigenvalue weighted by molar-refractivity contribution is -0.127. The second-order valence-electron chi connectivity index (χ2n) is 7.29. The number of thioether (sulfide) groups is 1. The van der Waals surface area contributed by atoms with Gasteiger partial charge in [0.25, 0.3) is 0 Å². The van der Waals surface area contributed by atoms with Crippen molar-refractivity contribution in [2.24, 2.45) is 0 Å². The second-order valence-corrected chi connectivity index (χ2v) is 8.38. The van der Waals surface area contributed by atoms with Crippen LogP contribution in [0, 0.1) is 0 Å². The number of nitrogens with one attached hydrogen (secondary N) is 2. The molecule has 2 amide bonds. The van der Waals surface area contributed by atoms with E-state index in [4.69, 9.17) is 4.74 Å². The Hall–Kier alpha value is -2.51. The molecule has 0 aromatic heterocycles. The molecule has 1 atom stereocenters. The van der Waals surface area contributed by atoms with E-state index in [1.54, 1.807) is 0 Å². The first-order chi connectivity index (χ1) is 14.6. The van der Waals surface area contributed by atoms with Crippen LogP contribution in [-0.4, -0.2) is 54.7 Å². The van der Waals surface area contributed by atoms with E-state index in [1.807, 2.05) is 54.6 Å². The Kier molecular flexibility index (Phi) is 8.59. The number of ether oxygens (including phenoxy) is 1. The van der Waals surface area contributed by atoms with Crippen LogP contribution in [0.3, 0.4) is 0 Å². The maximum Gasteiger partial charge on any atom is 0.243 e. The Morgan fingerprint density at radius 1 is 1.03 bits per heavy atom. The van der Waals surface area contributed by atoms with Crippen LogP contribution in [0.1, 0.15) is 19.8 Å². The molecule has 1 aliphatic heterocycles. The summed E-state index contributed by atoms with van der Waals surface area (Å²) < 4.78 is 5.80. The van der Waals surface area contributed by atoms with Crippen LogP contribution < -0.4 is 15.4 Å². The zero-order valence-electron chi connectivity index (χ0n) is 17.3. The molecule has 1 saturated heterocycles. The number of para-hydroxylation sites is 1. The predicted molar refractivity (Wildman–Crippen MR) is 120 cm³/mol. The minimum atomic E-state index is -0.564. The number of amides is 2. The first-order valence-corrected chi connectivity index (χ1v) is 11.3. The van der Waals surface area contributed by atoms with Crippen molar-refractivity contribution in [2.75, 3.05) is 31.9 Å². The van der Waals surface area contributed by atoms with Gasteiger partial charge in [-0.3, -0.25) is 9.59 Å². The summed E-state index contributed by atoms with van der Waals surface area (Å²) in [5.41, 5.74) is 0. The molecule has 1 heterocycles. The average molecular weight is 428 g/mol. The van der Waals surface area contributed by atoms with Gasteiger partial charge in [-0.05, 0) is 62.3 Å². The average Bonchev–Trinajstić information content (AvgIpc) is 3.26. The van der Waals surface area contributed by atoms with E-state index in [2.05, 4.69) is 15.5 Å². The standard InChI is InChI=1S/C23H29N3O3S/c1-18(27)25-22(23(28)24-13-16-26-14-5-6-15-26)17-30-21-11-9-20(10-12-21)29-19-7-3-2-4-8-19/h2-4,7-12,22H,5-6,13-17H2,1H3,(H,24,28)(H,25,27). The summed E-state index contributed by atoms with van der Waals surface area (Å²) in [6.45, 7) is 5.10. The van der Waals surface area contributed by atoms with E-state index >= 15 is 0 Å². The molecule has 160 valence electrons. The molecule has 6 nitrogen and oxygen atoms in total. The Labute approximate surface area is 182 Å². The number of benzene rings is 2. The molecule has 7 heteroatoms. The molecule has 0 spiro atoms. The highest BCUT2D eigenvalue weighted by atomic mass is 32.2. The topological polar surface area (TPSA) is 70.7 Å². The minimum absolute atomic E-state index is 0.138. The van der Waals surface area contributed by atoms with Crippen LogP contribution in [-0.2, 0) is 9.59 Å². The zero-order valence-corrected chi connectivity index (χ0v) is 18.1. The van der Waals surface area contributed by atoms with Gasteiger partial charge in [0.1, 0.15) is 17.5 Å². The maximum atomic E-state index is 12.6. The van der Waals surface area contributed by atoms with Crippen molar-refractivity contribution < 1.29 is 14.3 Å². The van der Waals surface area contributed by atoms with Crippen molar-refractivity contribution in [3.63, 3.8) is 0 Å². The molecule has 2 aromatic carbocycles. The van der Waals surface area contributed by atoms with E-state index in [-0.39, 0.29) is 11.8 Å². The summed E-state index contributed by atoms with van der Waals surface area (Å²) in [7, 11) is 0. The molecular formula is C23H29N3O3S. The van der Waals surface area contributed by atoms with Crippen molar-refractivity contribution in [1.29, 1.82) is 0 Å². The summed E-state index contributed by atoms with van der Waals surface area (Å²) in [4.78, 5) is 27.5. The van der Waals surface area contributed by atoms with Crippen LogP contribution in [0.25, 0.3) is 0 Å². The van der Waals surface area contributed by atoms with Gasteiger partial charge in [-0.2, -0.15) is 0 Å². The molecule has 0 aliphatic carbocycles. The third-order valence-electron chi connectivity index (χ3n) is 4.84. The number of carbonyl (C=O) groups is 2. The van der Waals surface area contributed by atoms with Gasteiger partial charge in [0.05, 0.1) is 0 Å². The molecule has 2 N–H and O–H groups in total. The van der Waals surface area contributed by atoms with Gasteiger partial charge in [0, 0.05) is 30.7 Å². The van der Waals surface area contributed by atoms with Crippen molar-refractivity contribution in [3.8, 4) is 11.5 Å². The van der Waals surface area contributed by atoms with Gasteiger partial charge in [-0.15, -0.1) is 11.8 Å². The minimum Gasteiger partial charge on any atom is -0.457 e. The van der Waals surface area contributed by atoms with Crippen LogP contribution in [0.2, 0.25) is 0 Å². The first-order valence-electron chi connectivity index (χ1n) is 10.3. The van der Waals surface area contributed by atoms with E-state index in [1.165, 1.54) is 31.5 Å². The first kappa shape index (κ1) is 22.2. The van der Waals surface area contributed by atoms with Crippen LogP contribution in [0.15, 0.2) is 59.5 Å². The lowest BCUT2D eigenvalue weighted by Crippen LogP contribution is -2.49.